The number of allylic oxidation sites excluding steroid dienone is 1. The number of ether oxygens (including phenoxy) is 1. The van der Waals surface area contributed by atoms with Crippen molar-refractivity contribution < 1.29 is 14.6 Å². The Morgan fingerprint density at radius 1 is 1.09 bits per heavy atom. The molecule has 0 fully saturated rings. The molecule has 0 bridgehead atoms. The molecule has 1 heterocycles. The van der Waals surface area contributed by atoms with Crippen molar-refractivity contribution in [2.75, 3.05) is 25.5 Å². The number of aliphatic carboxylic acids is 1. The third-order valence-corrected chi connectivity index (χ3v) is 6.14. The van der Waals surface area contributed by atoms with E-state index in [2.05, 4.69) is 38.8 Å². The van der Waals surface area contributed by atoms with Crippen LogP contribution in [0.15, 0.2) is 70.7 Å². The van der Waals surface area contributed by atoms with Crippen molar-refractivity contribution in [1.29, 1.82) is 0 Å². The number of hydrogen-bond donors (Lipinski definition) is 3. The Morgan fingerprint density at radius 3 is 2.52 bits per heavy atom. The number of carboxylic acid groups (broad SMARTS) is 1. The van der Waals surface area contributed by atoms with Gasteiger partial charge in [-0.15, -0.1) is 0 Å². The number of rotatable bonds is 8. The summed E-state index contributed by atoms with van der Waals surface area (Å²) < 4.78 is 5.21. The summed E-state index contributed by atoms with van der Waals surface area (Å²) in [5.41, 5.74) is 3.30. The second-order valence-corrected chi connectivity index (χ2v) is 8.34. The molecule has 0 amide bonds. The lowest BCUT2D eigenvalue weighted by Gasteiger charge is -2.26. The van der Waals surface area contributed by atoms with Crippen LogP contribution in [0.5, 0.6) is 5.75 Å². The van der Waals surface area contributed by atoms with Crippen LogP contribution in [-0.2, 0) is 11.2 Å². The third kappa shape index (κ3) is 6.08. The fourth-order valence-corrected chi connectivity index (χ4v) is 4.15. The molecule has 7 heteroatoms. The molecule has 2 aromatic carbocycles. The molecule has 2 aromatic rings. The summed E-state index contributed by atoms with van der Waals surface area (Å²) in [5.74, 6) is 0.543. The summed E-state index contributed by atoms with van der Waals surface area (Å²) in [6.45, 7) is 1.40. The number of carbonyl (C=O) groups is 1. The van der Waals surface area contributed by atoms with Crippen LogP contribution in [0.2, 0.25) is 0 Å². The van der Waals surface area contributed by atoms with E-state index in [-0.39, 0.29) is 17.9 Å². The number of anilines is 1. The standard InChI is InChI=1S/C26H30N4O3/c1-33-22-12-8-19(9-13-22)20-16-28-26(29-17-20)30-21-10-6-18(7-11-21)14-15-27-24-5-3-2-4-23(24)25(31)32/h2-3,6-13,16,20,23-24,27H,4-5,14-15,17H2,1H3,(H,29,30)(H,31,32)/t20?,23-,24+/m1/s1. The van der Waals surface area contributed by atoms with Gasteiger partial charge in [0, 0.05) is 23.9 Å². The van der Waals surface area contributed by atoms with E-state index in [1.165, 1.54) is 11.1 Å². The Labute approximate surface area is 194 Å². The van der Waals surface area contributed by atoms with Crippen LogP contribution in [0.4, 0.5) is 5.69 Å². The lowest BCUT2D eigenvalue weighted by molar-refractivity contribution is -0.142. The molecular weight excluding hydrogens is 416 g/mol. The van der Waals surface area contributed by atoms with Crippen molar-refractivity contribution in [2.45, 2.75) is 31.2 Å². The zero-order valence-electron chi connectivity index (χ0n) is 18.8. The number of benzene rings is 2. The highest BCUT2D eigenvalue weighted by atomic mass is 16.5. The molecule has 172 valence electrons. The number of guanidine groups is 1. The van der Waals surface area contributed by atoms with Gasteiger partial charge in [-0.3, -0.25) is 9.79 Å². The molecule has 2 aliphatic rings. The normalized spacial score (nSPS) is 22.0. The number of carboxylic acids is 1. The highest BCUT2D eigenvalue weighted by Gasteiger charge is 2.27. The second kappa shape index (κ2) is 10.9. The topological polar surface area (TPSA) is 95.3 Å². The van der Waals surface area contributed by atoms with E-state index in [0.29, 0.717) is 18.9 Å². The molecule has 1 aliphatic carbocycles. The predicted molar refractivity (Wildman–Crippen MR) is 132 cm³/mol. The fraction of sp³-hybridized carbons (Fsp3) is 0.346. The van der Waals surface area contributed by atoms with Crippen LogP contribution >= 0.6 is 0 Å². The van der Waals surface area contributed by atoms with Gasteiger partial charge in [0.1, 0.15) is 5.75 Å². The van der Waals surface area contributed by atoms with Crippen molar-refractivity contribution in [2.24, 2.45) is 15.9 Å². The average Bonchev–Trinajstić information content (AvgIpc) is 2.86. The number of nitrogens with one attached hydrogen (secondary N) is 2. The van der Waals surface area contributed by atoms with Gasteiger partial charge in [-0.25, -0.2) is 4.99 Å². The van der Waals surface area contributed by atoms with Crippen LogP contribution in [0.3, 0.4) is 0 Å². The molecule has 33 heavy (non-hydrogen) atoms. The van der Waals surface area contributed by atoms with Crippen molar-refractivity contribution in [3.05, 3.63) is 71.8 Å². The van der Waals surface area contributed by atoms with Crippen LogP contribution in [0, 0.1) is 5.92 Å². The van der Waals surface area contributed by atoms with Gasteiger partial charge in [0.2, 0.25) is 5.96 Å². The Kier molecular flexibility index (Phi) is 7.52. The zero-order valence-corrected chi connectivity index (χ0v) is 18.8. The summed E-state index contributed by atoms with van der Waals surface area (Å²) in [6, 6.07) is 16.2. The first-order chi connectivity index (χ1) is 16.1. The highest BCUT2D eigenvalue weighted by molar-refractivity contribution is 6.00. The summed E-state index contributed by atoms with van der Waals surface area (Å²) in [5, 5.41) is 16.1. The van der Waals surface area contributed by atoms with Crippen LogP contribution in [-0.4, -0.2) is 49.5 Å². The molecule has 0 radical (unpaired) electrons. The Hall–Kier alpha value is -3.45. The zero-order chi connectivity index (χ0) is 23.0. The van der Waals surface area contributed by atoms with Gasteiger partial charge in [0.15, 0.2) is 0 Å². The molecule has 0 saturated carbocycles. The van der Waals surface area contributed by atoms with E-state index < -0.39 is 5.97 Å². The highest BCUT2D eigenvalue weighted by Crippen LogP contribution is 2.21. The van der Waals surface area contributed by atoms with E-state index in [9.17, 15) is 9.90 Å². The maximum atomic E-state index is 11.4. The SMILES string of the molecule is COc1ccc(C2C=NC(Nc3ccc(CCN[C@H]4CC=CC[C@H]4C(=O)O)cc3)=NC2)cc1. The van der Waals surface area contributed by atoms with Gasteiger partial charge in [0.25, 0.3) is 0 Å². The van der Waals surface area contributed by atoms with Gasteiger partial charge in [-0.05, 0) is 61.2 Å². The Morgan fingerprint density at radius 2 is 1.85 bits per heavy atom. The minimum atomic E-state index is -0.726. The van der Waals surface area contributed by atoms with E-state index in [1.807, 2.05) is 48.7 Å². The first-order valence-electron chi connectivity index (χ1n) is 11.3. The molecule has 0 saturated heterocycles. The number of hydrogen-bond acceptors (Lipinski definition) is 6. The summed E-state index contributed by atoms with van der Waals surface area (Å²) in [7, 11) is 1.66. The molecular formula is C26H30N4O3. The average molecular weight is 447 g/mol. The van der Waals surface area contributed by atoms with Gasteiger partial charge >= 0.3 is 5.97 Å². The first-order valence-corrected chi connectivity index (χ1v) is 11.3. The van der Waals surface area contributed by atoms with Crippen molar-refractivity contribution in [3.63, 3.8) is 0 Å². The molecule has 3 N–H and O–H groups in total. The van der Waals surface area contributed by atoms with Crippen LogP contribution in [0.1, 0.15) is 29.9 Å². The minimum absolute atomic E-state index is 0.00245. The smallest absolute Gasteiger partial charge is 0.308 e. The van der Waals surface area contributed by atoms with Gasteiger partial charge in [-0.2, -0.15) is 0 Å². The monoisotopic (exact) mass is 446 g/mol. The fourth-order valence-electron chi connectivity index (χ4n) is 4.15. The summed E-state index contributed by atoms with van der Waals surface area (Å²) >= 11 is 0. The number of methoxy groups -OCH3 is 1. The van der Waals surface area contributed by atoms with Crippen LogP contribution < -0.4 is 15.4 Å². The quantitative estimate of drug-likeness (QED) is 0.535. The molecule has 1 unspecified atom stereocenters. The number of aliphatic imine (C=N–C) groups is 2. The van der Waals surface area contributed by atoms with Crippen molar-refractivity contribution in [1.82, 2.24) is 5.32 Å². The van der Waals surface area contributed by atoms with E-state index in [4.69, 9.17) is 4.74 Å². The molecule has 4 rings (SSSR count). The predicted octanol–water partition coefficient (Wildman–Crippen LogP) is 3.88. The van der Waals surface area contributed by atoms with Gasteiger partial charge < -0.3 is 20.5 Å². The molecule has 7 nitrogen and oxygen atoms in total. The summed E-state index contributed by atoms with van der Waals surface area (Å²) in [4.78, 5) is 20.5. The minimum Gasteiger partial charge on any atom is -0.497 e. The number of nitrogens with zero attached hydrogens (tertiary/aromatic N) is 2. The molecule has 3 atom stereocenters. The lowest BCUT2D eigenvalue weighted by Crippen LogP contribution is -2.41. The molecule has 0 aromatic heterocycles. The Bertz CT molecular complexity index is 1030. The van der Waals surface area contributed by atoms with E-state index >= 15 is 0 Å². The Balaban J connectivity index is 1.24. The third-order valence-electron chi connectivity index (χ3n) is 6.14. The maximum Gasteiger partial charge on any atom is 0.308 e. The maximum absolute atomic E-state index is 11.4. The van der Waals surface area contributed by atoms with Crippen LogP contribution in [0.25, 0.3) is 0 Å². The largest absolute Gasteiger partial charge is 0.497 e. The van der Waals surface area contributed by atoms with E-state index in [0.717, 1.165) is 30.8 Å². The first kappa shape index (κ1) is 22.7. The van der Waals surface area contributed by atoms with Gasteiger partial charge in [0.05, 0.1) is 19.6 Å². The van der Waals surface area contributed by atoms with Crippen molar-refractivity contribution >= 4 is 23.8 Å². The van der Waals surface area contributed by atoms with Gasteiger partial charge in [-0.1, -0.05) is 36.4 Å². The second-order valence-electron chi connectivity index (χ2n) is 8.34. The molecule has 1 aliphatic heterocycles. The summed E-state index contributed by atoms with van der Waals surface area (Å²) in [6.07, 6.45) is 8.16. The lowest BCUT2D eigenvalue weighted by atomic mass is 9.89. The van der Waals surface area contributed by atoms with Crippen molar-refractivity contribution in [3.8, 4) is 5.75 Å². The molecule has 0 spiro atoms. The van der Waals surface area contributed by atoms with E-state index in [1.54, 1.807) is 7.11 Å².